The largest absolute Gasteiger partial charge is 0.416 e. The molecule has 0 fully saturated rings. The van der Waals surface area contributed by atoms with Gasteiger partial charge < -0.3 is 14.6 Å². The second kappa shape index (κ2) is 7.48. The van der Waals surface area contributed by atoms with Crippen molar-refractivity contribution < 1.29 is 27.2 Å². The van der Waals surface area contributed by atoms with E-state index in [1.165, 1.54) is 19.2 Å². The van der Waals surface area contributed by atoms with Crippen molar-refractivity contribution in [3.8, 4) is 0 Å². The molecule has 0 saturated heterocycles. The number of carbonyl (C=O) groups excluding carboxylic acids is 1. The van der Waals surface area contributed by atoms with E-state index in [4.69, 9.17) is 9.26 Å². The summed E-state index contributed by atoms with van der Waals surface area (Å²) in [7, 11) is 1.49. The fraction of sp³-hybridized carbons (Fsp3) is 0.375. The lowest BCUT2D eigenvalue weighted by Gasteiger charge is -2.14. The Labute approximate surface area is 136 Å². The van der Waals surface area contributed by atoms with Crippen LogP contribution in [-0.2, 0) is 17.5 Å². The smallest absolute Gasteiger partial charge is 0.377 e. The van der Waals surface area contributed by atoms with Gasteiger partial charge in [0.05, 0.1) is 5.56 Å². The third-order valence-corrected chi connectivity index (χ3v) is 3.43. The van der Waals surface area contributed by atoms with Crippen molar-refractivity contribution in [1.82, 2.24) is 10.5 Å². The fourth-order valence-electron chi connectivity index (χ4n) is 2.11. The number of ether oxygens (including phenoxy) is 1. The summed E-state index contributed by atoms with van der Waals surface area (Å²) in [6, 6.07) is 6.50. The number of hydrogen-bond acceptors (Lipinski definition) is 4. The minimum Gasteiger partial charge on any atom is -0.377 e. The Kier molecular flexibility index (Phi) is 5.61. The molecule has 0 unspecified atom stereocenters. The average molecular weight is 342 g/mol. The van der Waals surface area contributed by atoms with Crippen LogP contribution in [-0.4, -0.2) is 24.7 Å². The molecule has 0 spiro atoms. The SMILES string of the molecule is COCc1cc(C(=O)NC[C@@H](C)c2cccc(C(F)(F)F)c2)no1. The lowest BCUT2D eigenvalue weighted by Crippen LogP contribution is -2.27. The number of amides is 1. The number of rotatable bonds is 6. The minimum absolute atomic E-state index is 0.0956. The van der Waals surface area contributed by atoms with Gasteiger partial charge in [0.15, 0.2) is 11.5 Å². The lowest BCUT2D eigenvalue weighted by atomic mass is 9.99. The highest BCUT2D eigenvalue weighted by Gasteiger charge is 2.30. The van der Waals surface area contributed by atoms with Crippen LogP contribution in [0, 0.1) is 0 Å². The van der Waals surface area contributed by atoms with E-state index in [1.807, 2.05) is 0 Å². The van der Waals surface area contributed by atoms with Crippen LogP contribution in [0.15, 0.2) is 34.9 Å². The molecule has 0 aliphatic rings. The summed E-state index contributed by atoms with van der Waals surface area (Å²) < 4.78 is 48.0. The average Bonchev–Trinajstić information content (AvgIpc) is 3.00. The summed E-state index contributed by atoms with van der Waals surface area (Å²) in [5, 5.41) is 6.24. The second-order valence-corrected chi connectivity index (χ2v) is 5.35. The first-order valence-corrected chi connectivity index (χ1v) is 7.21. The van der Waals surface area contributed by atoms with E-state index < -0.39 is 17.6 Å². The van der Waals surface area contributed by atoms with E-state index in [0.717, 1.165) is 12.1 Å². The van der Waals surface area contributed by atoms with E-state index >= 15 is 0 Å². The van der Waals surface area contributed by atoms with Crippen LogP contribution in [0.3, 0.4) is 0 Å². The van der Waals surface area contributed by atoms with Crippen LogP contribution in [0.2, 0.25) is 0 Å². The van der Waals surface area contributed by atoms with E-state index in [2.05, 4.69) is 10.5 Å². The van der Waals surface area contributed by atoms with Crippen LogP contribution in [0.4, 0.5) is 13.2 Å². The maximum absolute atomic E-state index is 12.7. The van der Waals surface area contributed by atoms with Gasteiger partial charge in [0, 0.05) is 19.7 Å². The summed E-state index contributed by atoms with van der Waals surface area (Å²) in [4.78, 5) is 12.0. The molecular formula is C16H17F3N2O3. The van der Waals surface area contributed by atoms with Crippen LogP contribution >= 0.6 is 0 Å². The Morgan fingerprint density at radius 2 is 2.12 bits per heavy atom. The van der Waals surface area contributed by atoms with Gasteiger partial charge in [-0.25, -0.2) is 0 Å². The van der Waals surface area contributed by atoms with Gasteiger partial charge >= 0.3 is 6.18 Å². The quantitative estimate of drug-likeness (QED) is 0.874. The van der Waals surface area contributed by atoms with Crippen LogP contribution in [0.5, 0.6) is 0 Å². The highest BCUT2D eigenvalue weighted by molar-refractivity contribution is 5.92. The topological polar surface area (TPSA) is 64.4 Å². The van der Waals surface area contributed by atoms with Crippen molar-refractivity contribution in [2.75, 3.05) is 13.7 Å². The number of carbonyl (C=O) groups is 1. The molecule has 5 nitrogen and oxygen atoms in total. The molecule has 1 amide bonds. The lowest BCUT2D eigenvalue weighted by molar-refractivity contribution is -0.137. The van der Waals surface area contributed by atoms with Crippen molar-refractivity contribution in [1.29, 1.82) is 0 Å². The summed E-state index contributed by atoms with van der Waals surface area (Å²) >= 11 is 0. The van der Waals surface area contributed by atoms with Gasteiger partial charge in [-0.1, -0.05) is 30.3 Å². The molecule has 130 valence electrons. The monoisotopic (exact) mass is 342 g/mol. The molecule has 2 aromatic rings. The second-order valence-electron chi connectivity index (χ2n) is 5.35. The summed E-state index contributed by atoms with van der Waals surface area (Å²) in [6.45, 7) is 2.10. The maximum Gasteiger partial charge on any atom is 0.416 e. The zero-order valence-corrected chi connectivity index (χ0v) is 13.2. The van der Waals surface area contributed by atoms with Crippen molar-refractivity contribution in [2.24, 2.45) is 0 Å². The summed E-state index contributed by atoms with van der Waals surface area (Å²) in [6.07, 6.45) is -4.39. The summed E-state index contributed by atoms with van der Waals surface area (Å²) in [5.41, 5.74) is -0.123. The van der Waals surface area contributed by atoms with Gasteiger partial charge in [-0.3, -0.25) is 4.79 Å². The standard InChI is InChI=1S/C16H17F3N2O3/c1-10(11-4-3-5-12(6-11)16(17,18)19)8-20-15(22)14-7-13(9-23-2)24-21-14/h3-7,10H,8-9H2,1-2H3,(H,20,22)/t10-/m1/s1. The number of alkyl halides is 3. The number of benzene rings is 1. The Morgan fingerprint density at radius 3 is 2.79 bits per heavy atom. The normalized spacial score (nSPS) is 12.9. The number of nitrogens with zero attached hydrogens (tertiary/aromatic N) is 1. The van der Waals surface area contributed by atoms with Crippen molar-refractivity contribution >= 4 is 5.91 Å². The number of methoxy groups -OCH3 is 1. The highest BCUT2D eigenvalue weighted by Crippen LogP contribution is 2.30. The molecule has 1 aromatic carbocycles. The van der Waals surface area contributed by atoms with Crippen LogP contribution in [0.1, 0.15) is 40.2 Å². The van der Waals surface area contributed by atoms with Crippen molar-refractivity contribution in [2.45, 2.75) is 25.6 Å². The zero-order chi connectivity index (χ0) is 17.7. The Bertz CT molecular complexity index is 698. The molecule has 0 bridgehead atoms. The van der Waals surface area contributed by atoms with Gasteiger partial charge in [0.1, 0.15) is 6.61 Å². The van der Waals surface area contributed by atoms with Gasteiger partial charge in [-0.2, -0.15) is 13.2 Å². The van der Waals surface area contributed by atoms with E-state index in [0.29, 0.717) is 11.3 Å². The van der Waals surface area contributed by atoms with Crippen LogP contribution in [0.25, 0.3) is 0 Å². The zero-order valence-electron chi connectivity index (χ0n) is 13.2. The van der Waals surface area contributed by atoms with Gasteiger partial charge in [0.2, 0.25) is 0 Å². The molecule has 0 aliphatic heterocycles. The van der Waals surface area contributed by atoms with E-state index in [9.17, 15) is 18.0 Å². The fourth-order valence-corrected chi connectivity index (χ4v) is 2.11. The summed E-state index contributed by atoms with van der Waals surface area (Å²) in [5.74, 6) is -0.338. The predicted molar refractivity (Wildman–Crippen MR) is 79.4 cm³/mol. The Balaban J connectivity index is 1.97. The van der Waals surface area contributed by atoms with Crippen molar-refractivity contribution in [3.05, 3.63) is 52.9 Å². The molecule has 0 saturated carbocycles. The predicted octanol–water partition coefficient (Wildman–Crippen LogP) is 3.37. The van der Waals surface area contributed by atoms with Gasteiger partial charge in [0.25, 0.3) is 5.91 Å². The molecule has 2 rings (SSSR count). The Hall–Kier alpha value is -2.35. The first kappa shape index (κ1) is 18.0. The number of nitrogens with one attached hydrogen (secondary N) is 1. The van der Waals surface area contributed by atoms with Crippen LogP contribution < -0.4 is 5.32 Å². The minimum atomic E-state index is -4.39. The Morgan fingerprint density at radius 1 is 1.38 bits per heavy atom. The number of halogens is 3. The molecule has 1 aromatic heterocycles. The van der Waals surface area contributed by atoms with E-state index in [-0.39, 0.29) is 24.8 Å². The van der Waals surface area contributed by atoms with Gasteiger partial charge in [-0.05, 0) is 17.5 Å². The van der Waals surface area contributed by atoms with E-state index in [1.54, 1.807) is 13.0 Å². The third-order valence-electron chi connectivity index (χ3n) is 3.43. The molecular weight excluding hydrogens is 325 g/mol. The van der Waals surface area contributed by atoms with Gasteiger partial charge in [-0.15, -0.1) is 0 Å². The molecule has 1 heterocycles. The highest BCUT2D eigenvalue weighted by atomic mass is 19.4. The first-order valence-electron chi connectivity index (χ1n) is 7.21. The molecule has 1 N–H and O–H groups in total. The molecule has 24 heavy (non-hydrogen) atoms. The third kappa shape index (κ3) is 4.58. The first-order chi connectivity index (χ1) is 11.3. The van der Waals surface area contributed by atoms with Crippen molar-refractivity contribution in [3.63, 3.8) is 0 Å². The molecule has 0 radical (unpaired) electrons. The molecule has 1 atom stereocenters. The molecule has 0 aliphatic carbocycles. The molecule has 8 heteroatoms. The maximum atomic E-state index is 12.7. The number of aromatic nitrogens is 1. The number of hydrogen-bond donors (Lipinski definition) is 1.